The lowest BCUT2D eigenvalue weighted by Crippen LogP contribution is -2.51. The molecule has 2 aromatic rings. The number of carbonyl (C=O) groups is 3. The zero-order valence-electron chi connectivity index (χ0n) is 16.9. The maximum absolute atomic E-state index is 13.0. The summed E-state index contributed by atoms with van der Waals surface area (Å²) in [4.78, 5) is 39.0. The Hall–Kier alpha value is -3.00. The van der Waals surface area contributed by atoms with Crippen LogP contribution in [0, 0.1) is 0 Å². The van der Waals surface area contributed by atoms with Gasteiger partial charge in [0.15, 0.2) is 0 Å². The standard InChI is InChI=1S/C22H25N3O4S/c1-15(17-8-10-19(30)11-9-17)25-13-12-22(29-21(25)28,18-6-4-3-5-7-18)14-20(27)24-23-16(2)26/h3-11,15,30H,12-14H2,1-2H3,(H,23,26)(H,24,27)/t15-,22-/m0/s1. The summed E-state index contributed by atoms with van der Waals surface area (Å²) in [5, 5.41) is 0. The molecule has 7 nitrogen and oxygen atoms in total. The molecule has 1 saturated heterocycles. The third-order valence-electron chi connectivity index (χ3n) is 5.24. The highest BCUT2D eigenvalue weighted by atomic mass is 32.1. The highest BCUT2D eigenvalue weighted by Crippen LogP contribution is 2.39. The Bertz CT molecular complexity index is 920. The summed E-state index contributed by atoms with van der Waals surface area (Å²) in [6.07, 6.45) is -0.148. The topological polar surface area (TPSA) is 87.7 Å². The lowest BCUT2D eigenvalue weighted by atomic mass is 9.85. The second kappa shape index (κ2) is 9.21. The molecule has 0 aromatic heterocycles. The summed E-state index contributed by atoms with van der Waals surface area (Å²) in [7, 11) is 0. The minimum absolute atomic E-state index is 0.0976. The fourth-order valence-corrected chi connectivity index (χ4v) is 3.74. The average molecular weight is 428 g/mol. The molecule has 3 amide bonds. The Labute approximate surface area is 181 Å². The predicted molar refractivity (Wildman–Crippen MR) is 115 cm³/mol. The summed E-state index contributed by atoms with van der Waals surface area (Å²) < 4.78 is 5.91. The summed E-state index contributed by atoms with van der Waals surface area (Å²) in [6.45, 7) is 3.66. The van der Waals surface area contributed by atoms with E-state index in [2.05, 4.69) is 23.5 Å². The van der Waals surface area contributed by atoms with Gasteiger partial charge in [-0.1, -0.05) is 42.5 Å². The van der Waals surface area contributed by atoms with Crippen LogP contribution in [0.15, 0.2) is 59.5 Å². The van der Waals surface area contributed by atoms with E-state index in [1.54, 1.807) is 4.90 Å². The van der Waals surface area contributed by atoms with E-state index in [4.69, 9.17) is 4.74 Å². The van der Waals surface area contributed by atoms with E-state index >= 15 is 0 Å². The fourth-order valence-electron chi connectivity index (χ4n) is 3.59. The smallest absolute Gasteiger partial charge is 0.411 e. The number of benzene rings is 2. The largest absolute Gasteiger partial charge is 0.437 e. The van der Waals surface area contributed by atoms with Gasteiger partial charge in [0.25, 0.3) is 0 Å². The van der Waals surface area contributed by atoms with Crippen molar-refractivity contribution in [2.45, 2.75) is 43.2 Å². The van der Waals surface area contributed by atoms with Gasteiger partial charge in [-0.05, 0) is 30.2 Å². The molecule has 8 heteroatoms. The molecule has 1 aliphatic heterocycles. The molecule has 3 rings (SSSR count). The monoisotopic (exact) mass is 427 g/mol. The van der Waals surface area contributed by atoms with E-state index in [0.717, 1.165) is 16.0 Å². The lowest BCUT2D eigenvalue weighted by Gasteiger charge is -2.43. The number of hydrazine groups is 1. The molecule has 0 radical (unpaired) electrons. The number of nitrogens with one attached hydrogen (secondary N) is 2. The number of nitrogens with zero attached hydrogens (tertiary/aromatic N) is 1. The second-order valence-electron chi connectivity index (χ2n) is 7.35. The van der Waals surface area contributed by atoms with Gasteiger partial charge in [-0.15, -0.1) is 12.6 Å². The number of amides is 3. The van der Waals surface area contributed by atoms with Crippen molar-refractivity contribution < 1.29 is 19.1 Å². The van der Waals surface area contributed by atoms with Crippen LogP contribution in [0.4, 0.5) is 4.79 Å². The molecule has 0 aliphatic carbocycles. The molecule has 0 bridgehead atoms. The van der Waals surface area contributed by atoms with Crippen LogP contribution in [0.2, 0.25) is 0 Å². The van der Waals surface area contributed by atoms with E-state index in [-0.39, 0.29) is 18.4 Å². The van der Waals surface area contributed by atoms with Crippen molar-refractivity contribution in [3.8, 4) is 0 Å². The number of rotatable bonds is 5. The number of ether oxygens (including phenoxy) is 1. The molecule has 1 aliphatic rings. The van der Waals surface area contributed by atoms with Crippen LogP contribution in [-0.4, -0.2) is 29.4 Å². The third kappa shape index (κ3) is 4.94. The van der Waals surface area contributed by atoms with Gasteiger partial charge < -0.3 is 9.64 Å². The number of carbonyl (C=O) groups excluding carboxylic acids is 3. The normalized spacial score (nSPS) is 19.6. The van der Waals surface area contributed by atoms with E-state index in [9.17, 15) is 14.4 Å². The zero-order valence-corrected chi connectivity index (χ0v) is 17.8. The van der Waals surface area contributed by atoms with Crippen molar-refractivity contribution in [3.05, 3.63) is 65.7 Å². The first kappa shape index (κ1) is 21.7. The number of hydrogen-bond donors (Lipinski definition) is 3. The molecule has 0 saturated carbocycles. The molecule has 2 atom stereocenters. The van der Waals surface area contributed by atoms with Crippen LogP contribution in [0.3, 0.4) is 0 Å². The molecule has 1 fully saturated rings. The lowest BCUT2D eigenvalue weighted by molar-refractivity contribution is -0.134. The second-order valence-corrected chi connectivity index (χ2v) is 7.86. The van der Waals surface area contributed by atoms with Gasteiger partial charge in [-0.25, -0.2) is 4.79 Å². The van der Waals surface area contributed by atoms with E-state index < -0.39 is 17.6 Å². The van der Waals surface area contributed by atoms with E-state index in [0.29, 0.717) is 13.0 Å². The fraction of sp³-hybridized carbons (Fsp3) is 0.318. The number of thiol groups is 1. The Balaban J connectivity index is 1.80. The molecule has 1 heterocycles. The number of cyclic esters (lactones) is 1. The quantitative estimate of drug-likeness (QED) is 0.505. The van der Waals surface area contributed by atoms with Crippen molar-refractivity contribution in [1.82, 2.24) is 15.8 Å². The molecule has 158 valence electrons. The minimum Gasteiger partial charge on any atom is -0.437 e. The highest BCUT2D eigenvalue weighted by Gasteiger charge is 2.45. The Kier molecular flexibility index (Phi) is 6.66. The van der Waals surface area contributed by atoms with Crippen LogP contribution in [0.25, 0.3) is 0 Å². The summed E-state index contributed by atoms with van der Waals surface area (Å²) in [5.41, 5.74) is 5.23. The van der Waals surface area contributed by atoms with Crippen LogP contribution < -0.4 is 10.9 Å². The van der Waals surface area contributed by atoms with Gasteiger partial charge in [-0.3, -0.25) is 20.4 Å². The van der Waals surface area contributed by atoms with Crippen LogP contribution >= 0.6 is 12.6 Å². The summed E-state index contributed by atoms with van der Waals surface area (Å²) in [5.74, 6) is -0.822. The van der Waals surface area contributed by atoms with Crippen LogP contribution in [0.5, 0.6) is 0 Å². The molecule has 0 unspecified atom stereocenters. The van der Waals surface area contributed by atoms with Gasteiger partial charge in [0.2, 0.25) is 11.8 Å². The highest BCUT2D eigenvalue weighted by molar-refractivity contribution is 7.80. The average Bonchev–Trinajstić information content (AvgIpc) is 2.73. The number of hydrogen-bond acceptors (Lipinski definition) is 5. The summed E-state index contributed by atoms with van der Waals surface area (Å²) >= 11 is 4.30. The van der Waals surface area contributed by atoms with Gasteiger partial charge >= 0.3 is 6.09 Å². The van der Waals surface area contributed by atoms with Gasteiger partial charge in [-0.2, -0.15) is 0 Å². The molecule has 2 N–H and O–H groups in total. The molecule has 30 heavy (non-hydrogen) atoms. The SMILES string of the molecule is CC(=O)NNC(=O)C[C@]1(c2ccccc2)CCN([C@@H](C)c2ccc(S)cc2)C(=O)O1. The molecular formula is C22H25N3O4S. The summed E-state index contributed by atoms with van der Waals surface area (Å²) in [6, 6.07) is 16.6. The predicted octanol–water partition coefficient (Wildman–Crippen LogP) is 3.33. The zero-order chi connectivity index (χ0) is 21.7. The maximum Gasteiger partial charge on any atom is 0.411 e. The minimum atomic E-state index is -1.11. The van der Waals surface area contributed by atoms with Crippen molar-refractivity contribution >= 4 is 30.5 Å². The first-order valence-electron chi connectivity index (χ1n) is 9.70. The maximum atomic E-state index is 13.0. The van der Waals surface area contributed by atoms with Crippen molar-refractivity contribution in [3.63, 3.8) is 0 Å². The van der Waals surface area contributed by atoms with Crippen molar-refractivity contribution in [1.29, 1.82) is 0 Å². The Morgan fingerprint density at radius 3 is 2.40 bits per heavy atom. The molecular weight excluding hydrogens is 402 g/mol. The Morgan fingerprint density at radius 1 is 1.13 bits per heavy atom. The van der Waals surface area contributed by atoms with Crippen LogP contribution in [0.1, 0.15) is 43.9 Å². The van der Waals surface area contributed by atoms with E-state index in [1.807, 2.05) is 61.5 Å². The van der Waals surface area contributed by atoms with Crippen molar-refractivity contribution in [2.75, 3.05) is 6.54 Å². The van der Waals surface area contributed by atoms with Gasteiger partial charge in [0.05, 0.1) is 12.5 Å². The molecule has 0 spiro atoms. The van der Waals surface area contributed by atoms with Crippen molar-refractivity contribution in [2.24, 2.45) is 0 Å². The molecule has 2 aromatic carbocycles. The van der Waals surface area contributed by atoms with Gasteiger partial charge in [0, 0.05) is 24.8 Å². The first-order valence-corrected chi connectivity index (χ1v) is 10.1. The van der Waals surface area contributed by atoms with Crippen LogP contribution in [-0.2, 0) is 19.9 Å². The third-order valence-corrected chi connectivity index (χ3v) is 5.54. The Morgan fingerprint density at radius 2 is 1.80 bits per heavy atom. The van der Waals surface area contributed by atoms with Gasteiger partial charge in [0.1, 0.15) is 5.60 Å². The van der Waals surface area contributed by atoms with E-state index in [1.165, 1.54) is 6.92 Å². The first-order chi connectivity index (χ1) is 14.3.